The van der Waals surface area contributed by atoms with E-state index in [2.05, 4.69) is 24.3 Å². The Bertz CT molecular complexity index is 1020. The van der Waals surface area contributed by atoms with Crippen molar-refractivity contribution in [3.05, 3.63) is 89.5 Å². The molecule has 0 fully saturated rings. The van der Waals surface area contributed by atoms with Crippen LogP contribution < -0.4 is 14.2 Å². The van der Waals surface area contributed by atoms with Crippen LogP contribution in [-0.4, -0.2) is 50.4 Å². The van der Waals surface area contributed by atoms with Crippen molar-refractivity contribution in [1.82, 2.24) is 4.90 Å². The first-order valence-electron chi connectivity index (χ1n) is 10.9. The summed E-state index contributed by atoms with van der Waals surface area (Å²) >= 11 is 0. The molecule has 174 valence electrons. The van der Waals surface area contributed by atoms with Crippen molar-refractivity contribution in [3.63, 3.8) is 0 Å². The Morgan fingerprint density at radius 1 is 0.848 bits per heavy atom. The van der Waals surface area contributed by atoms with Crippen molar-refractivity contribution < 1.29 is 24.1 Å². The molecule has 6 nitrogen and oxygen atoms in total. The molecule has 33 heavy (non-hydrogen) atoms. The molecule has 0 radical (unpaired) electrons. The van der Waals surface area contributed by atoms with E-state index in [0.29, 0.717) is 31.0 Å². The zero-order valence-electron chi connectivity index (χ0n) is 19.4. The standard InChI is InChI=1S/C27H31NO5/c1-31-23-12-10-22(11-13-23)24(21-7-5-4-6-8-21)15-16-28(27(30)19-29)18-20-9-14-25(32-2)26(17-20)33-3/h4-14,17,24,29H,15-16,18-19H2,1-3H3. The Morgan fingerprint density at radius 2 is 1.52 bits per heavy atom. The second-order valence-corrected chi connectivity index (χ2v) is 7.69. The first kappa shape index (κ1) is 24.1. The number of aliphatic hydroxyl groups excluding tert-OH is 1. The molecule has 0 saturated heterocycles. The molecule has 3 aromatic rings. The molecule has 0 saturated carbocycles. The van der Waals surface area contributed by atoms with E-state index in [1.165, 1.54) is 5.56 Å². The summed E-state index contributed by atoms with van der Waals surface area (Å²) in [5.41, 5.74) is 3.21. The van der Waals surface area contributed by atoms with Gasteiger partial charge in [0.05, 0.1) is 21.3 Å². The highest BCUT2D eigenvalue weighted by molar-refractivity contribution is 5.77. The number of amides is 1. The average molecular weight is 450 g/mol. The van der Waals surface area contributed by atoms with Gasteiger partial charge in [-0.2, -0.15) is 0 Å². The van der Waals surface area contributed by atoms with Gasteiger partial charge < -0.3 is 24.2 Å². The van der Waals surface area contributed by atoms with E-state index >= 15 is 0 Å². The van der Waals surface area contributed by atoms with Gasteiger partial charge in [-0.1, -0.05) is 48.5 Å². The van der Waals surface area contributed by atoms with Crippen LogP contribution in [0.2, 0.25) is 0 Å². The number of ether oxygens (including phenoxy) is 3. The van der Waals surface area contributed by atoms with Crippen molar-refractivity contribution in [3.8, 4) is 17.2 Å². The molecule has 1 atom stereocenters. The Morgan fingerprint density at radius 3 is 2.12 bits per heavy atom. The molecule has 0 aliphatic carbocycles. The molecule has 1 N–H and O–H groups in total. The van der Waals surface area contributed by atoms with Crippen LogP contribution in [0.3, 0.4) is 0 Å². The minimum absolute atomic E-state index is 0.0940. The normalized spacial score (nSPS) is 11.5. The number of rotatable bonds is 11. The van der Waals surface area contributed by atoms with Gasteiger partial charge in [0.25, 0.3) is 0 Å². The molecule has 6 heteroatoms. The maximum absolute atomic E-state index is 12.6. The quantitative estimate of drug-likeness (QED) is 0.474. The number of carbonyl (C=O) groups is 1. The van der Waals surface area contributed by atoms with Crippen LogP contribution in [0.1, 0.15) is 29.0 Å². The van der Waals surface area contributed by atoms with E-state index in [0.717, 1.165) is 16.9 Å². The summed E-state index contributed by atoms with van der Waals surface area (Å²) in [6.07, 6.45) is 0.704. The molecule has 3 rings (SSSR count). The molecule has 0 heterocycles. The Balaban J connectivity index is 1.82. The van der Waals surface area contributed by atoms with Gasteiger partial charge in [0.2, 0.25) is 5.91 Å². The molecule has 3 aromatic carbocycles. The number of nitrogens with zero attached hydrogens (tertiary/aromatic N) is 1. The first-order valence-corrected chi connectivity index (χ1v) is 10.9. The van der Waals surface area contributed by atoms with Gasteiger partial charge in [0.15, 0.2) is 11.5 Å². The lowest BCUT2D eigenvalue weighted by molar-refractivity contribution is -0.134. The summed E-state index contributed by atoms with van der Waals surface area (Å²) < 4.78 is 16.0. The van der Waals surface area contributed by atoms with Crippen LogP contribution in [0.25, 0.3) is 0 Å². The largest absolute Gasteiger partial charge is 0.497 e. The Hall–Kier alpha value is -3.51. The fourth-order valence-electron chi connectivity index (χ4n) is 3.92. The minimum Gasteiger partial charge on any atom is -0.497 e. The van der Waals surface area contributed by atoms with Gasteiger partial charge in [-0.3, -0.25) is 4.79 Å². The highest BCUT2D eigenvalue weighted by Crippen LogP contribution is 2.31. The van der Waals surface area contributed by atoms with Crippen LogP contribution in [-0.2, 0) is 11.3 Å². The maximum Gasteiger partial charge on any atom is 0.248 e. The third-order valence-electron chi connectivity index (χ3n) is 5.72. The Labute approximate surface area is 195 Å². The van der Waals surface area contributed by atoms with E-state index < -0.39 is 6.61 Å². The third kappa shape index (κ3) is 6.26. The average Bonchev–Trinajstić information content (AvgIpc) is 2.88. The van der Waals surface area contributed by atoms with Crippen molar-refractivity contribution >= 4 is 5.91 Å². The molecule has 0 aliphatic heterocycles. The first-order chi connectivity index (χ1) is 16.1. The van der Waals surface area contributed by atoms with E-state index in [1.54, 1.807) is 26.2 Å². The summed E-state index contributed by atoms with van der Waals surface area (Å²) in [7, 11) is 4.82. The SMILES string of the molecule is COc1ccc(C(CCN(Cc2ccc(OC)c(OC)c2)C(=O)CO)c2ccccc2)cc1. The number of aliphatic hydroxyl groups is 1. The van der Waals surface area contributed by atoms with Gasteiger partial charge in [-0.05, 0) is 47.4 Å². The fraction of sp³-hybridized carbons (Fsp3) is 0.296. The molecule has 0 spiro atoms. The molecular formula is C27H31NO5. The molecule has 1 unspecified atom stereocenters. The van der Waals surface area contributed by atoms with Crippen LogP contribution in [0.5, 0.6) is 17.2 Å². The topological polar surface area (TPSA) is 68.2 Å². The van der Waals surface area contributed by atoms with Gasteiger partial charge in [-0.25, -0.2) is 0 Å². The number of carbonyl (C=O) groups excluding carboxylic acids is 1. The third-order valence-corrected chi connectivity index (χ3v) is 5.72. The number of hydrogen-bond acceptors (Lipinski definition) is 5. The smallest absolute Gasteiger partial charge is 0.248 e. The van der Waals surface area contributed by atoms with Gasteiger partial charge in [0, 0.05) is 19.0 Å². The summed E-state index contributed by atoms with van der Waals surface area (Å²) in [6, 6.07) is 23.8. The molecule has 0 bridgehead atoms. The summed E-state index contributed by atoms with van der Waals surface area (Å²) in [6.45, 7) is 0.315. The predicted molar refractivity (Wildman–Crippen MR) is 128 cm³/mol. The predicted octanol–water partition coefficient (Wildman–Crippen LogP) is 4.26. The molecule has 1 amide bonds. The van der Waals surface area contributed by atoms with E-state index in [9.17, 15) is 9.90 Å². The maximum atomic E-state index is 12.6. The molecule has 0 aromatic heterocycles. The van der Waals surface area contributed by atoms with E-state index in [4.69, 9.17) is 14.2 Å². The van der Waals surface area contributed by atoms with Crippen LogP contribution in [0, 0.1) is 0 Å². The van der Waals surface area contributed by atoms with Gasteiger partial charge in [-0.15, -0.1) is 0 Å². The highest BCUT2D eigenvalue weighted by Gasteiger charge is 2.20. The second-order valence-electron chi connectivity index (χ2n) is 7.69. The fourth-order valence-corrected chi connectivity index (χ4v) is 3.92. The lowest BCUT2D eigenvalue weighted by Gasteiger charge is -2.26. The molecule has 0 aliphatic rings. The summed E-state index contributed by atoms with van der Waals surface area (Å²) in [5, 5.41) is 9.57. The lowest BCUT2D eigenvalue weighted by Crippen LogP contribution is -2.34. The van der Waals surface area contributed by atoms with Crippen molar-refractivity contribution in [2.45, 2.75) is 18.9 Å². The lowest BCUT2D eigenvalue weighted by atomic mass is 9.88. The van der Waals surface area contributed by atoms with Gasteiger partial charge in [0.1, 0.15) is 12.4 Å². The second kappa shape index (κ2) is 11.9. The summed E-state index contributed by atoms with van der Waals surface area (Å²) in [5.74, 6) is 1.82. The summed E-state index contributed by atoms with van der Waals surface area (Å²) in [4.78, 5) is 14.2. The Kier molecular flexibility index (Phi) is 8.72. The monoisotopic (exact) mass is 449 g/mol. The zero-order chi connectivity index (χ0) is 23.6. The zero-order valence-corrected chi connectivity index (χ0v) is 19.4. The van der Waals surface area contributed by atoms with Crippen molar-refractivity contribution in [2.75, 3.05) is 34.5 Å². The van der Waals surface area contributed by atoms with Gasteiger partial charge >= 0.3 is 0 Å². The van der Waals surface area contributed by atoms with E-state index in [1.807, 2.05) is 48.5 Å². The molecular weight excluding hydrogens is 418 g/mol. The number of hydrogen-bond donors (Lipinski definition) is 1. The minimum atomic E-state index is -0.536. The van der Waals surface area contributed by atoms with Crippen LogP contribution >= 0.6 is 0 Å². The van der Waals surface area contributed by atoms with Crippen LogP contribution in [0.4, 0.5) is 0 Å². The van der Waals surface area contributed by atoms with Crippen LogP contribution in [0.15, 0.2) is 72.8 Å². The number of methoxy groups -OCH3 is 3. The van der Waals surface area contributed by atoms with E-state index in [-0.39, 0.29) is 11.8 Å². The van der Waals surface area contributed by atoms with Crippen molar-refractivity contribution in [2.24, 2.45) is 0 Å². The van der Waals surface area contributed by atoms with Crippen molar-refractivity contribution in [1.29, 1.82) is 0 Å². The number of benzene rings is 3. The highest BCUT2D eigenvalue weighted by atomic mass is 16.5.